The molecule has 2 saturated heterocycles. The fourth-order valence-electron chi connectivity index (χ4n) is 5.36. The summed E-state index contributed by atoms with van der Waals surface area (Å²) < 4.78 is 24.4. The molecule has 15 heteroatoms. The minimum Gasteiger partial charge on any atom is -0.481 e. The van der Waals surface area contributed by atoms with Crippen molar-refractivity contribution >= 4 is 51.0 Å². The van der Waals surface area contributed by atoms with E-state index in [0.717, 1.165) is 50.1 Å². The first-order valence-corrected chi connectivity index (χ1v) is 15.3. The van der Waals surface area contributed by atoms with Gasteiger partial charge in [-0.25, -0.2) is 19.5 Å². The summed E-state index contributed by atoms with van der Waals surface area (Å²) in [7, 11) is 1.68. The van der Waals surface area contributed by atoms with E-state index in [2.05, 4.69) is 9.88 Å². The van der Waals surface area contributed by atoms with Crippen molar-refractivity contribution in [3.8, 4) is 5.75 Å². The minimum atomic E-state index is -0.507. The van der Waals surface area contributed by atoms with Gasteiger partial charge in [0.15, 0.2) is 17.5 Å². The van der Waals surface area contributed by atoms with Crippen LogP contribution in [0.4, 0.5) is 5.82 Å². The van der Waals surface area contributed by atoms with E-state index in [0.29, 0.717) is 45.1 Å². The number of pyridine rings is 1. The van der Waals surface area contributed by atoms with Gasteiger partial charge in [-0.05, 0) is 19.1 Å². The van der Waals surface area contributed by atoms with Crippen molar-refractivity contribution in [3.05, 3.63) is 49.8 Å². The number of imidazole rings is 1. The fourth-order valence-corrected chi connectivity index (χ4v) is 7.51. The van der Waals surface area contributed by atoms with Crippen molar-refractivity contribution in [1.82, 2.24) is 29.5 Å². The van der Waals surface area contributed by atoms with E-state index in [9.17, 15) is 4.79 Å². The molecule has 0 aliphatic carbocycles. The van der Waals surface area contributed by atoms with Gasteiger partial charge in [0, 0.05) is 39.4 Å². The second-order valence-electron chi connectivity index (χ2n) is 10.1. The smallest absolute Gasteiger partial charge is 0.261 e. The Morgan fingerprint density at radius 3 is 2.73 bits per heavy atom. The van der Waals surface area contributed by atoms with Crippen LogP contribution in [-0.4, -0.2) is 95.2 Å². The van der Waals surface area contributed by atoms with E-state index in [1.807, 2.05) is 23.7 Å². The lowest BCUT2D eigenvalue weighted by Crippen LogP contribution is -2.47. The lowest BCUT2D eigenvalue weighted by molar-refractivity contribution is -0.200. The third-order valence-electron chi connectivity index (χ3n) is 7.65. The maximum absolute atomic E-state index is 13.8. The average molecular weight is 618 g/mol. The predicted octanol–water partition coefficient (Wildman–Crippen LogP) is 2.87. The SMILES string of the molecule is COC1(c2cnc(C3c4c(nc5sc(C)nn45)CCN3C(=O)COc3ccc(N4CCOCC4)nc3Cl)s2)COC1. The number of thiazole rings is 1. The van der Waals surface area contributed by atoms with E-state index in [1.165, 1.54) is 22.7 Å². The van der Waals surface area contributed by atoms with Crippen LogP contribution >= 0.6 is 34.3 Å². The van der Waals surface area contributed by atoms with Crippen LogP contribution in [0.5, 0.6) is 5.75 Å². The number of carbonyl (C=O) groups is 1. The number of ether oxygens (including phenoxy) is 4. The zero-order valence-electron chi connectivity index (χ0n) is 22.5. The van der Waals surface area contributed by atoms with Gasteiger partial charge in [0.25, 0.3) is 5.91 Å². The number of aromatic nitrogens is 5. The molecule has 1 atom stereocenters. The van der Waals surface area contributed by atoms with Crippen molar-refractivity contribution in [1.29, 1.82) is 0 Å². The molecule has 7 rings (SSSR count). The molecule has 1 amide bonds. The molecule has 7 heterocycles. The van der Waals surface area contributed by atoms with Gasteiger partial charge in [0.05, 0.1) is 42.7 Å². The van der Waals surface area contributed by atoms with E-state index in [4.69, 9.17) is 45.6 Å². The number of aryl methyl sites for hydroxylation is 1. The Bertz CT molecular complexity index is 1590. The zero-order chi connectivity index (χ0) is 28.1. The maximum Gasteiger partial charge on any atom is 0.261 e. The first kappa shape index (κ1) is 27.0. The number of amides is 1. The van der Waals surface area contributed by atoms with Gasteiger partial charge in [-0.15, -0.1) is 11.3 Å². The molecule has 4 aromatic heterocycles. The number of hydrogen-bond donors (Lipinski definition) is 0. The Morgan fingerprint density at radius 1 is 1.17 bits per heavy atom. The summed E-state index contributed by atoms with van der Waals surface area (Å²) in [4.78, 5) is 33.6. The largest absolute Gasteiger partial charge is 0.481 e. The molecule has 0 bridgehead atoms. The van der Waals surface area contributed by atoms with Crippen LogP contribution in [0.3, 0.4) is 0 Å². The van der Waals surface area contributed by atoms with Gasteiger partial charge >= 0.3 is 0 Å². The van der Waals surface area contributed by atoms with E-state index in [-0.39, 0.29) is 17.7 Å². The van der Waals surface area contributed by atoms with Gasteiger partial charge in [-0.3, -0.25) is 4.79 Å². The molecule has 4 aromatic rings. The normalized spacial score (nSPS) is 20.2. The fraction of sp³-hybridized carbons (Fsp3) is 0.500. The molecule has 0 saturated carbocycles. The van der Waals surface area contributed by atoms with Crippen molar-refractivity contribution < 1.29 is 23.7 Å². The van der Waals surface area contributed by atoms with Crippen LogP contribution in [0, 0.1) is 6.92 Å². The molecule has 0 radical (unpaired) electrons. The Hall–Kier alpha value is -2.88. The number of fused-ring (bicyclic) bond motifs is 3. The Kier molecular flexibility index (Phi) is 7.07. The molecule has 0 aromatic carbocycles. The lowest BCUT2D eigenvalue weighted by Gasteiger charge is -2.39. The van der Waals surface area contributed by atoms with Crippen LogP contribution < -0.4 is 9.64 Å². The Labute approximate surface area is 248 Å². The molecular formula is C26H28ClN7O5S2. The number of anilines is 1. The number of morpholine rings is 1. The third kappa shape index (κ3) is 4.76. The lowest BCUT2D eigenvalue weighted by atomic mass is 10.0. The number of halogens is 1. The van der Waals surface area contributed by atoms with Gasteiger partial charge in [-0.2, -0.15) is 5.10 Å². The number of methoxy groups -OCH3 is 1. The summed E-state index contributed by atoms with van der Waals surface area (Å²) in [6, 6.07) is 3.14. The van der Waals surface area contributed by atoms with Crippen molar-refractivity contribution in [2.45, 2.75) is 25.0 Å². The van der Waals surface area contributed by atoms with Crippen LogP contribution in [0.25, 0.3) is 4.96 Å². The molecule has 0 spiro atoms. The second-order valence-corrected chi connectivity index (χ2v) is 12.7. The molecule has 2 fully saturated rings. The molecule has 0 N–H and O–H groups in total. The van der Waals surface area contributed by atoms with Gasteiger partial charge in [-0.1, -0.05) is 22.9 Å². The van der Waals surface area contributed by atoms with E-state index in [1.54, 1.807) is 18.1 Å². The molecule has 12 nitrogen and oxygen atoms in total. The first-order valence-electron chi connectivity index (χ1n) is 13.3. The van der Waals surface area contributed by atoms with Gasteiger partial charge < -0.3 is 28.7 Å². The standard InChI is InChI=1S/C26H28ClN7O5S2/c1-15-31-34-21-16(29-25(34)40-15)5-6-33(22(21)24-28-11-18(41-24)26(36-2)13-38-14-26)20(35)12-39-17-3-4-19(30-23(17)27)32-7-9-37-10-8-32/h3-4,11,22H,5-10,12-14H2,1-2H3. The number of nitrogens with zero attached hydrogens (tertiary/aromatic N) is 7. The molecular weight excluding hydrogens is 590 g/mol. The summed E-state index contributed by atoms with van der Waals surface area (Å²) in [5.74, 6) is 0.923. The molecule has 216 valence electrons. The van der Waals surface area contributed by atoms with Crippen LogP contribution in [0.2, 0.25) is 5.15 Å². The van der Waals surface area contributed by atoms with Crippen molar-refractivity contribution in [2.75, 3.05) is 64.7 Å². The second kappa shape index (κ2) is 10.7. The first-order chi connectivity index (χ1) is 20.0. The quantitative estimate of drug-likeness (QED) is 0.287. The topological polar surface area (TPSA) is 116 Å². The monoisotopic (exact) mass is 617 g/mol. The minimum absolute atomic E-state index is 0.193. The molecule has 1 unspecified atom stereocenters. The Balaban J connectivity index is 1.16. The third-order valence-corrected chi connectivity index (χ3v) is 9.98. The molecule has 3 aliphatic heterocycles. The summed E-state index contributed by atoms with van der Waals surface area (Å²) in [5, 5.41) is 6.58. The summed E-state index contributed by atoms with van der Waals surface area (Å²) in [6.07, 6.45) is 2.43. The predicted molar refractivity (Wildman–Crippen MR) is 152 cm³/mol. The highest BCUT2D eigenvalue weighted by molar-refractivity contribution is 7.16. The zero-order valence-corrected chi connectivity index (χ0v) is 24.9. The van der Waals surface area contributed by atoms with Crippen LogP contribution in [0.1, 0.15) is 32.3 Å². The summed E-state index contributed by atoms with van der Waals surface area (Å²) in [6.45, 7) is 5.95. The maximum atomic E-state index is 13.8. The highest BCUT2D eigenvalue weighted by Crippen LogP contribution is 2.42. The summed E-state index contributed by atoms with van der Waals surface area (Å²) in [5.41, 5.74) is 1.28. The van der Waals surface area contributed by atoms with E-state index >= 15 is 0 Å². The number of rotatable bonds is 7. The number of hydrogen-bond acceptors (Lipinski definition) is 12. The average Bonchev–Trinajstić information content (AvgIpc) is 3.67. The van der Waals surface area contributed by atoms with Crippen LogP contribution in [0.15, 0.2) is 18.3 Å². The number of carbonyl (C=O) groups excluding carboxylic acids is 1. The Morgan fingerprint density at radius 2 is 2.00 bits per heavy atom. The van der Waals surface area contributed by atoms with Gasteiger partial charge in [0.2, 0.25) is 4.96 Å². The molecule has 3 aliphatic rings. The highest BCUT2D eigenvalue weighted by Gasteiger charge is 2.44. The van der Waals surface area contributed by atoms with E-state index < -0.39 is 11.6 Å². The summed E-state index contributed by atoms with van der Waals surface area (Å²) >= 11 is 9.52. The van der Waals surface area contributed by atoms with Crippen molar-refractivity contribution in [2.24, 2.45) is 0 Å². The molecule has 41 heavy (non-hydrogen) atoms. The van der Waals surface area contributed by atoms with Crippen LogP contribution in [-0.2, 0) is 31.0 Å². The van der Waals surface area contributed by atoms with Crippen molar-refractivity contribution in [3.63, 3.8) is 0 Å². The van der Waals surface area contributed by atoms with Gasteiger partial charge in [0.1, 0.15) is 27.5 Å². The highest BCUT2D eigenvalue weighted by atomic mass is 35.5.